The van der Waals surface area contributed by atoms with E-state index in [1.165, 1.54) is 6.42 Å². The largest absolute Gasteiger partial charge is 0.378 e. The highest BCUT2D eigenvalue weighted by molar-refractivity contribution is 5.85. The van der Waals surface area contributed by atoms with Gasteiger partial charge in [0.1, 0.15) is 0 Å². The standard InChI is InChI=1S/C12H23N3O2.ClH/c1-13-8-11-2-3-14(9-11)10-12(16)15-4-6-17-7-5-15;/h11,13H,2-10H2,1H3;1H. The van der Waals surface area contributed by atoms with E-state index in [9.17, 15) is 4.79 Å². The van der Waals surface area contributed by atoms with E-state index in [-0.39, 0.29) is 18.3 Å². The molecule has 1 atom stereocenters. The minimum atomic E-state index is 0. The van der Waals surface area contributed by atoms with E-state index < -0.39 is 0 Å². The van der Waals surface area contributed by atoms with Crippen LogP contribution in [0.5, 0.6) is 0 Å². The van der Waals surface area contributed by atoms with Crippen LogP contribution in [0.1, 0.15) is 6.42 Å². The number of carbonyl (C=O) groups excluding carboxylic acids is 1. The van der Waals surface area contributed by atoms with Gasteiger partial charge in [0.25, 0.3) is 0 Å². The third-order valence-corrected chi connectivity index (χ3v) is 3.59. The fourth-order valence-corrected chi connectivity index (χ4v) is 2.62. The van der Waals surface area contributed by atoms with E-state index in [4.69, 9.17) is 4.74 Å². The van der Waals surface area contributed by atoms with E-state index in [0.717, 1.165) is 32.7 Å². The molecule has 0 aromatic heterocycles. The van der Waals surface area contributed by atoms with Gasteiger partial charge >= 0.3 is 0 Å². The van der Waals surface area contributed by atoms with Crippen molar-refractivity contribution >= 4 is 18.3 Å². The summed E-state index contributed by atoms with van der Waals surface area (Å²) in [5.74, 6) is 0.968. The van der Waals surface area contributed by atoms with Gasteiger partial charge in [-0.1, -0.05) is 0 Å². The maximum atomic E-state index is 12.0. The van der Waals surface area contributed by atoms with E-state index in [0.29, 0.717) is 25.7 Å². The Kier molecular flexibility index (Phi) is 6.92. The highest BCUT2D eigenvalue weighted by atomic mass is 35.5. The predicted octanol–water partition coefficient (Wildman–Crippen LogP) is -0.192. The molecule has 0 spiro atoms. The van der Waals surface area contributed by atoms with E-state index in [1.54, 1.807) is 0 Å². The molecule has 18 heavy (non-hydrogen) atoms. The second-order valence-electron chi connectivity index (χ2n) is 4.94. The quantitative estimate of drug-likeness (QED) is 0.774. The Morgan fingerprint density at radius 1 is 1.33 bits per heavy atom. The van der Waals surface area contributed by atoms with Crippen LogP contribution < -0.4 is 5.32 Å². The Bertz CT molecular complexity index is 260. The molecule has 1 amide bonds. The zero-order valence-corrected chi connectivity index (χ0v) is 11.9. The normalized spacial score (nSPS) is 24.9. The van der Waals surface area contributed by atoms with E-state index >= 15 is 0 Å². The summed E-state index contributed by atoms with van der Waals surface area (Å²) in [6.07, 6.45) is 1.21. The first kappa shape index (κ1) is 15.7. The minimum absolute atomic E-state index is 0. The lowest BCUT2D eigenvalue weighted by Gasteiger charge is -2.28. The van der Waals surface area contributed by atoms with Gasteiger partial charge in [-0.05, 0) is 32.5 Å². The van der Waals surface area contributed by atoms with Gasteiger partial charge in [-0.3, -0.25) is 9.69 Å². The van der Waals surface area contributed by atoms with Crippen molar-refractivity contribution in [3.05, 3.63) is 0 Å². The molecule has 0 bridgehead atoms. The zero-order chi connectivity index (χ0) is 12.1. The first-order valence-corrected chi connectivity index (χ1v) is 6.52. The first-order valence-electron chi connectivity index (χ1n) is 6.52. The van der Waals surface area contributed by atoms with Gasteiger partial charge in [0, 0.05) is 19.6 Å². The van der Waals surface area contributed by atoms with Crippen LogP contribution in [0.2, 0.25) is 0 Å². The summed E-state index contributed by atoms with van der Waals surface area (Å²) in [7, 11) is 1.99. The predicted molar refractivity (Wildman–Crippen MR) is 73.1 cm³/mol. The molecular weight excluding hydrogens is 254 g/mol. The summed E-state index contributed by atoms with van der Waals surface area (Å²) in [5, 5.41) is 3.21. The highest BCUT2D eigenvalue weighted by Crippen LogP contribution is 2.15. The highest BCUT2D eigenvalue weighted by Gasteiger charge is 2.25. The van der Waals surface area contributed by atoms with Crippen molar-refractivity contribution in [1.82, 2.24) is 15.1 Å². The summed E-state index contributed by atoms with van der Waals surface area (Å²) in [4.78, 5) is 16.2. The Morgan fingerprint density at radius 2 is 2.06 bits per heavy atom. The molecule has 2 fully saturated rings. The molecule has 106 valence electrons. The zero-order valence-electron chi connectivity index (χ0n) is 11.1. The molecule has 0 aromatic rings. The summed E-state index contributed by atoms with van der Waals surface area (Å²) >= 11 is 0. The van der Waals surface area contributed by atoms with Gasteiger partial charge in [-0.15, -0.1) is 12.4 Å². The van der Waals surface area contributed by atoms with Crippen molar-refractivity contribution < 1.29 is 9.53 Å². The first-order chi connectivity index (χ1) is 8.29. The Hall–Kier alpha value is -0.360. The van der Waals surface area contributed by atoms with Crippen LogP contribution in [0.3, 0.4) is 0 Å². The fraction of sp³-hybridized carbons (Fsp3) is 0.917. The SMILES string of the molecule is CNCC1CCN(CC(=O)N2CCOCC2)C1.Cl. The number of halogens is 1. The molecule has 0 aromatic carbocycles. The molecule has 2 aliphatic rings. The number of nitrogens with zero attached hydrogens (tertiary/aromatic N) is 2. The minimum Gasteiger partial charge on any atom is -0.378 e. The van der Waals surface area contributed by atoms with Gasteiger partial charge in [-0.25, -0.2) is 0 Å². The van der Waals surface area contributed by atoms with Crippen molar-refractivity contribution in [2.75, 3.05) is 59.5 Å². The van der Waals surface area contributed by atoms with E-state index in [2.05, 4.69) is 10.2 Å². The summed E-state index contributed by atoms with van der Waals surface area (Å²) in [5.41, 5.74) is 0. The van der Waals surface area contributed by atoms with Crippen molar-refractivity contribution in [2.24, 2.45) is 5.92 Å². The number of ether oxygens (including phenoxy) is 1. The smallest absolute Gasteiger partial charge is 0.236 e. The monoisotopic (exact) mass is 277 g/mol. The topological polar surface area (TPSA) is 44.8 Å². The lowest BCUT2D eigenvalue weighted by molar-refractivity contribution is -0.136. The van der Waals surface area contributed by atoms with Gasteiger partial charge in [-0.2, -0.15) is 0 Å². The molecule has 5 nitrogen and oxygen atoms in total. The average molecular weight is 278 g/mol. The number of hydrogen-bond acceptors (Lipinski definition) is 4. The number of hydrogen-bond donors (Lipinski definition) is 1. The third-order valence-electron chi connectivity index (χ3n) is 3.59. The average Bonchev–Trinajstić information content (AvgIpc) is 2.78. The summed E-state index contributed by atoms with van der Waals surface area (Å²) < 4.78 is 5.25. The van der Waals surface area contributed by atoms with Gasteiger partial charge in [0.15, 0.2) is 0 Å². The number of amides is 1. The van der Waals surface area contributed by atoms with Crippen LogP contribution in [-0.2, 0) is 9.53 Å². The molecule has 2 heterocycles. The maximum Gasteiger partial charge on any atom is 0.236 e. The molecule has 2 aliphatic heterocycles. The van der Waals surface area contributed by atoms with Crippen molar-refractivity contribution in [2.45, 2.75) is 6.42 Å². The lowest BCUT2D eigenvalue weighted by atomic mass is 10.1. The molecule has 1 N–H and O–H groups in total. The maximum absolute atomic E-state index is 12.0. The molecule has 0 saturated carbocycles. The van der Waals surface area contributed by atoms with Gasteiger partial charge < -0.3 is 15.0 Å². The van der Waals surface area contributed by atoms with Gasteiger partial charge in [0.2, 0.25) is 5.91 Å². The Balaban J connectivity index is 0.00000162. The van der Waals surface area contributed by atoms with E-state index in [1.807, 2.05) is 11.9 Å². The number of nitrogens with one attached hydrogen (secondary N) is 1. The number of rotatable bonds is 4. The second kappa shape index (κ2) is 7.94. The fourth-order valence-electron chi connectivity index (χ4n) is 2.62. The number of carbonyl (C=O) groups is 1. The van der Waals surface area contributed by atoms with Gasteiger partial charge in [0.05, 0.1) is 19.8 Å². The number of likely N-dealkylation sites (tertiary alicyclic amines) is 1. The van der Waals surface area contributed by atoms with Crippen LogP contribution in [0.25, 0.3) is 0 Å². The molecule has 6 heteroatoms. The molecular formula is C12H24ClN3O2. The van der Waals surface area contributed by atoms with Crippen LogP contribution in [0.4, 0.5) is 0 Å². The van der Waals surface area contributed by atoms with Crippen LogP contribution in [0.15, 0.2) is 0 Å². The van der Waals surface area contributed by atoms with Crippen molar-refractivity contribution in [3.63, 3.8) is 0 Å². The van der Waals surface area contributed by atoms with Crippen LogP contribution >= 0.6 is 12.4 Å². The molecule has 1 unspecified atom stereocenters. The van der Waals surface area contributed by atoms with Crippen LogP contribution in [0, 0.1) is 5.92 Å². The second-order valence-corrected chi connectivity index (χ2v) is 4.94. The summed E-state index contributed by atoms with van der Waals surface area (Å²) in [6, 6.07) is 0. The Morgan fingerprint density at radius 3 is 2.72 bits per heavy atom. The van der Waals surface area contributed by atoms with Crippen molar-refractivity contribution in [1.29, 1.82) is 0 Å². The Labute approximate surface area is 115 Å². The van der Waals surface area contributed by atoms with Crippen LogP contribution in [-0.4, -0.2) is 75.2 Å². The lowest BCUT2D eigenvalue weighted by Crippen LogP contribution is -2.45. The molecule has 2 rings (SSSR count). The summed E-state index contributed by atoms with van der Waals surface area (Å²) in [6.45, 7) is 6.64. The number of morpholine rings is 1. The molecule has 0 radical (unpaired) electrons. The third kappa shape index (κ3) is 4.39. The molecule has 0 aliphatic carbocycles. The van der Waals surface area contributed by atoms with Crippen molar-refractivity contribution in [3.8, 4) is 0 Å². The molecule has 2 saturated heterocycles.